The lowest BCUT2D eigenvalue weighted by Crippen LogP contribution is -1.90. The molecule has 21 heavy (non-hydrogen) atoms. The number of hydrogen-bond acceptors (Lipinski definition) is 3. The first-order valence-electron chi connectivity index (χ1n) is 7.29. The lowest BCUT2D eigenvalue weighted by atomic mass is 10.1. The van der Waals surface area contributed by atoms with Gasteiger partial charge in [-0.3, -0.25) is 0 Å². The van der Waals surface area contributed by atoms with Crippen LogP contribution in [0.15, 0.2) is 46.9 Å². The van der Waals surface area contributed by atoms with E-state index in [4.69, 9.17) is 9.52 Å². The largest absolute Gasteiger partial charge is 0.441 e. The van der Waals surface area contributed by atoms with Crippen molar-refractivity contribution in [2.75, 3.05) is 0 Å². The molecule has 0 aliphatic rings. The lowest BCUT2D eigenvalue weighted by Gasteiger charge is -2.00. The maximum Gasteiger partial charge on any atom is 0.195 e. The maximum absolute atomic E-state index is 9.13. The van der Waals surface area contributed by atoms with Crippen molar-refractivity contribution in [2.45, 2.75) is 32.8 Å². The molecule has 1 N–H and O–H groups in total. The Morgan fingerprint density at radius 3 is 2.52 bits per heavy atom. The first-order chi connectivity index (χ1) is 10.2. The zero-order chi connectivity index (χ0) is 14.7. The van der Waals surface area contributed by atoms with E-state index in [1.54, 1.807) is 0 Å². The Balaban J connectivity index is 1.63. The highest BCUT2D eigenvalue weighted by Gasteiger charge is 2.06. The van der Waals surface area contributed by atoms with Crippen LogP contribution in [0.4, 0.5) is 0 Å². The molecule has 108 valence electrons. The van der Waals surface area contributed by atoms with Crippen LogP contribution in [0.2, 0.25) is 0 Å². The maximum atomic E-state index is 9.13. The number of aliphatic hydroxyl groups excluding tert-OH is 1. The van der Waals surface area contributed by atoms with Crippen molar-refractivity contribution in [2.24, 2.45) is 0 Å². The second-order valence-corrected chi connectivity index (χ2v) is 5.41. The highest BCUT2D eigenvalue weighted by molar-refractivity contribution is 5.73. The molecule has 0 atom stereocenters. The van der Waals surface area contributed by atoms with Crippen molar-refractivity contribution in [3.05, 3.63) is 65.0 Å². The van der Waals surface area contributed by atoms with Crippen LogP contribution in [0.5, 0.6) is 0 Å². The zero-order valence-corrected chi connectivity index (χ0v) is 12.2. The third kappa shape index (κ3) is 3.31. The highest BCUT2D eigenvalue weighted by atomic mass is 16.3. The van der Waals surface area contributed by atoms with E-state index in [9.17, 15) is 0 Å². The fourth-order valence-electron chi connectivity index (χ4n) is 2.42. The second-order valence-electron chi connectivity index (χ2n) is 5.41. The summed E-state index contributed by atoms with van der Waals surface area (Å²) < 4.78 is 5.75. The van der Waals surface area contributed by atoms with Gasteiger partial charge in [0.25, 0.3) is 0 Å². The summed E-state index contributed by atoms with van der Waals surface area (Å²) in [6.07, 6.45) is 2.88. The summed E-state index contributed by atoms with van der Waals surface area (Å²) in [7, 11) is 0. The summed E-state index contributed by atoms with van der Waals surface area (Å²) in [5.41, 5.74) is 5.10. The molecular weight excluding hydrogens is 262 g/mol. The fraction of sp³-hybridized carbons (Fsp3) is 0.278. The van der Waals surface area contributed by atoms with Crippen molar-refractivity contribution in [3.63, 3.8) is 0 Å². The van der Waals surface area contributed by atoms with Crippen molar-refractivity contribution < 1.29 is 9.52 Å². The molecule has 3 aromatic rings. The second kappa shape index (κ2) is 6.10. The Kier molecular flexibility index (Phi) is 4.02. The van der Waals surface area contributed by atoms with E-state index in [1.165, 1.54) is 11.1 Å². The van der Waals surface area contributed by atoms with E-state index in [2.05, 4.69) is 36.2 Å². The molecule has 1 aromatic heterocycles. The van der Waals surface area contributed by atoms with E-state index in [0.29, 0.717) is 0 Å². The van der Waals surface area contributed by atoms with Gasteiger partial charge in [-0.15, -0.1) is 0 Å². The molecule has 0 saturated carbocycles. The van der Waals surface area contributed by atoms with Gasteiger partial charge in [-0.05, 0) is 43.0 Å². The van der Waals surface area contributed by atoms with Crippen LogP contribution in [-0.2, 0) is 19.4 Å². The predicted octanol–water partition coefficient (Wildman–Crippen LogP) is 3.80. The monoisotopic (exact) mass is 281 g/mol. The predicted molar refractivity (Wildman–Crippen MR) is 83.1 cm³/mol. The SMILES string of the molecule is Cc1ccc(CCCc2nc3ccc(CO)cc3o2)cc1. The summed E-state index contributed by atoms with van der Waals surface area (Å²) in [5.74, 6) is 0.771. The molecule has 0 aliphatic heterocycles. The van der Waals surface area contributed by atoms with Gasteiger partial charge in [0.2, 0.25) is 0 Å². The Hall–Kier alpha value is -2.13. The average molecular weight is 281 g/mol. The molecule has 0 fully saturated rings. The van der Waals surface area contributed by atoms with Gasteiger partial charge in [0.05, 0.1) is 6.61 Å². The number of benzene rings is 2. The molecule has 0 spiro atoms. The Morgan fingerprint density at radius 1 is 1.00 bits per heavy atom. The van der Waals surface area contributed by atoms with Crippen LogP contribution in [0.25, 0.3) is 11.1 Å². The Labute approximate surface area is 124 Å². The number of nitrogens with zero attached hydrogens (tertiary/aromatic N) is 1. The van der Waals surface area contributed by atoms with E-state index in [1.807, 2.05) is 18.2 Å². The minimum absolute atomic E-state index is 0.0272. The van der Waals surface area contributed by atoms with Crippen LogP contribution < -0.4 is 0 Å². The number of aryl methyl sites for hydroxylation is 3. The van der Waals surface area contributed by atoms with Gasteiger partial charge < -0.3 is 9.52 Å². The van der Waals surface area contributed by atoms with Crippen LogP contribution in [0.3, 0.4) is 0 Å². The Morgan fingerprint density at radius 2 is 1.76 bits per heavy atom. The van der Waals surface area contributed by atoms with E-state index >= 15 is 0 Å². The minimum atomic E-state index is 0.0272. The number of fused-ring (bicyclic) bond motifs is 1. The normalized spacial score (nSPS) is 11.1. The summed E-state index contributed by atoms with van der Waals surface area (Å²) >= 11 is 0. The molecule has 0 saturated heterocycles. The summed E-state index contributed by atoms with van der Waals surface area (Å²) in [6, 6.07) is 14.3. The summed E-state index contributed by atoms with van der Waals surface area (Å²) in [5, 5.41) is 9.13. The van der Waals surface area contributed by atoms with Crippen LogP contribution in [0, 0.1) is 6.92 Å². The van der Waals surface area contributed by atoms with E-state index in [-0.39, 0.29) is 6.61 Å². The number of hydrogen-bond donors (Lipinski definition) is 1. The summed E-state index contributed by atoms with van der Waals surface area (Å²) in [6.45, 7) is 2.13. The van der Waals surface area contributed by atoms with E-state index < -0.39 is 0 Å². The number of oxazole rings is 1. The lowest BCUT2D eigenvalue weighted by molar-refractivity contribution is 0.282. The molecule has 0 aliphatic carbocycles. The van der Waals surface area contributed by atoms with Crippen molar-refractivity contribution >= 4 is 11.1 Å². The molecule has 0 amide bonds. The van der Waals surface area contributed by atoms with Crippen molar-refractivity contribution in [1.82, 2.24) is 4.98 Å². The fourth-order valence-corrected chi connectivity index (χ4v) is 2.42. The number of rotatable bonds is 5. The van der Waals surface area contributed by atoms with Gasteiger partial charge in [-0.1, -0.05) is 35.9 Å². The smallest absolute Gasteiger partial charge is 0.195 e. The van der Waals surface area contributed by atoms with E-state index in [0.717, 1.165) is 41.8 Å². The molecule has 1 heterocycles. The third-order valence-corrected chi connectivity index (χ3v) is 3.66. The number of aromatic nitrogens is 1. The molecule has 2 aromatic carbocycles. The first-order valence-corrected chi connectivity index (χ1v) is 7.29. The van der Waals surface area contributed by atoms with Gasteiger partial charge in [0.1, 0.15) is 5.52 Å². The molecule has 3 rings (SSSR count). The standard InChI is InChI=1S/C18H19NO2/c1-13-5-7-14(8-6-13)3-2-4-18-19-16-10-9-15(12-20)11-17(16)21-18/h5-11,20H,2-4,12H2,1H3. The van der Waals surface area contributed by atoms with Gasteiger partial charge in [0.15, 0.2) is 11.5 Å². The molecule has 3 nitrogen and oxygen atoms in total. The highest BCUT2D eigenvalue weighted by Crippen LogP contribution is 2.19. The molecule has 3 heteroatoms. The van der Waals surface area contributed by atoms with Crippen LogP contribution in [-0.4, -0.2) is 10.1 Å². The third-order valence-electron chi connectivity index (χ3n) is 3.66. The van der Waals surface area contributed by atoms with Crippen LogP contribution in [0.1, 0.15) is 29.0 Å². The Bertz CT molecular complexity index is 729. The quantitative estimate of drug-likeness (QED) is 0.773. The molecule has 0 unspecified atom stereocenters. The summed E-state index contributed by atoms with van der Waals surface area (Å²) in [4.78, 5) is 4.49. The zero-order valence-electron chi connectivity index (χ0n) is 12.2. The average Bonchev–Trinajstić information content (AvgIpc) is 2.91. The van der Waals surface area contributed by atoms with Gasteiger partial charge in [-0.25, -0.2) is 4.98 Å². The molecule has 0 bridgehead atoms. The van der Waals surface area contributed by atoms with Crippen LogP contribution >= 0.6 is 0 Å². The van der Waals surface area contributed by atoms with Gasteiger partial charge in [-0.2, -0.15) is 0 Å². The van der Waals surface area contributed by atoms with Gasteiger partial charge in [0, 0.05) is 6.42 Å². The molecular formula is C18H19NO2. The number of aliphatic hydroxyl groups is 1. The molecule has 0 radical (unpaired) electrons. The minimum Gasteiger partial charge on any atom is -0.441 e. The van der Waals surface area contributed by atoms with Gasteiger partial charge >= 0.3 is 0 Å². The topological polar surface area (TPSA) is 46.3 Å². The van der Waals surface area contributed by atoms with Crippen molar-refractivity contribution in [1.29, 1.82) is 0 Å². The van der Waals surface area contributed by atoms with Crippen molar-refractivity contribution in [3.8, 4) is 0 Å². The first kappa shape index (κ1) is 13.8.